The summed E-state index contributed by atoms with van der Waals surface area (Å²) in [7, 11) is 0. The number of ether oxygens (including phenoxy) is 3. The first-order valence-electron chi connectivity index (χ1n) is 4.52. The lowest BCUT2D eigenvalue weighted by molar-refractivity contribution is -0.144. The molecule has 0 aromatic heterocycles. The normalized spacial score (nSPS) is 13.7. The van der Waals surface area contributed by atoms with Crippen LogP contribution in [0.25, 0.3) is 0 Å². The molecule has 1 heterocycles. The molecule has 0 fully saturated rings. The molecule has 0 unspecified atom stereocenters. The van der Waals surface area contributed by atoms with E-state index in [-0.39, 0.29) is 19.2 Å². The van der Waals surface area contributed by atoms with Crippen LogP contribution in [0.1, 0.15) is 5.56 Å². The van der Waals surface area contributed by atoms with Crippen LogP contribution in [0.4, 0.5) is 0 Å². The monoisotopic (exact) mass is 206 g/mol. The minimum Gasteiger partial charge on any atom is -0.461 e. The van der Waals surface area contributed by atoms with Gasteiger partial charge in [-0.3, -0.25) is 0 Å². The lowest BCUT2D eigenvalue weighted by atomic mass is 10.2. The molecule has 0 atom stereocenters. The Morgan fingerprint density at radius 3 is 2.80 bits per heavy atom. The number of rotatable bonds is 3. The van der Waals surface area contributed by atoms with Gasteiger partial charge >= 0.3 is 5.97 Å². The van der Waals surface area contributed by atoms with Gasteiger partial charge in [-0.2, -0.15) is 0 Å². The highest BCUT2D eigenvalue weighted by molar-refractivity contribution is 5.86. The van der Waals surface area contributed by atoms with Crippen molar-refractivity contribution in [2.24, 2.45) is 0 Å². The van der Waals surface area contributed by atoms with Crippen molar-refractivity contribution in [3.8, 4) is 0 Å². The molecule has 0 radical (unpaired) electrons. The molecule has 4 heteroatoms. The molecule has 0 saturated heterocycles. The summed E-state index contributed by atoms with van der Waals surface area (Å²) in [6.07, 6.45) is 1.26. The van der Waals surface area contributed by atoms with Crippen LogP contribution in [0.3, 0.4) is 0 Å². The number of hydrogen-bond donors (Lipinski definition) is 0. The standard InChI is InChI=1S/C11H10O4/c12-11(10-7-13-8-15-10)14-6-9-4-2-1-3-5-9/h1-5,7H,6,8H2. The second-order valence-corrected chi connectivity index (χ2v) is 2.97. The molecule has 0 spiro atoms. The third-order valence-corrected chi connectivity index (χ3v) is 1.89. The summed E-state index contributed by atoms with van der Waals surface area (Å²) in [4.78, 5) is 11.3. The first-order valence-corrected chi connectivity index (χ1v) is 4.52. The highest BCUT2D eigenvalue weighted by Crippen LogP contribution is 2.10. The quantitative estimate of drug-likeness (QED) is 0.704. The number of benzene rings is 1. The fraction of sp³-hybridized carbons (Fsp3) is 0.182. The molecule has 0 aliphatic carbocycles. The predicted molar refractivity (Wildman–Crippen MR) is 51.4 cm³/mol. The maximum absolute atomic E-state index is 11.3. The van der Waals surface area contributed by atoms with Gasteiger partial charge in [0.15, 0.2) is 0 Å². The van der Waals surface area contributed by atoms with Crippen molar-refractivity contribution in [1.82, 2.24) is 0 Å². The topological polar surface area (TPSA) is 44.8 Å². The number of esters is 1. The highest BCUT2D eigenvalue weighted by Gasteiger charge is 2.17. The average Bonchev–Trinajstić information content (AvgIpc) is 2.81. The Morgan fingerprint density at radius 2 is 2.13 bits per heavy atom. The van der Waals surface area contributed by atoms with Gasteiger partial charge in [-0.1, -0.05) is 30.3 Å². The molecule has 0 bridgehead atoms. The van der Waals surface area contributed by atoms with Crippen LogP contribution < -0.4 is 0 Å². The molecular formula is C11H10O4. The van der Waals surface area contributed by atoms with Crippen molar-refractivity contribution in [3.63, 3.8) is 0 Å². The molecule has 4 nitrogen and oxygen atoms in total. The van der Waals surface area contributed by atoms with Gasteiger partial charge in [-0.15, -0.1) is 0 Å². The molecule has 1 aliphatic rings. The Kier molecular flexibility index (Phi) is 2.88. The van der Waals surface area contributed by atoms with Gasteiger partial charge in [-0.05, 0) is 5.56 Å². The van der Waals surface area contributed by atoms with E-state index in [1.807, 2.05) is 30.3 Å². The zero-order valence-corrected chi connectivity index (χ0v) is 8.01. The van der Waals surface area contributed by atoms with Crippen LogP contribution in [0, 0.1) is 0 Å². The third kappa shape index (κ3) is 2.49. The lowest BCUT2D eigenvalue weighted by Gasteiger charge is -2.03. The Hall–Kier alpha value is -1.97. The third-order valence-electron chi connectivity index (χ3n) is 1.89. The Labute approximate surface area is 87.1 Å². The van der Waals surface area contributed by atoms with Gasteiger partial charge in [0.25, 0.3) is 0 Å². The lowest BCUT2D eigenvalue weighted by Crippen LogP contribution is -2.08. The SMILES string of the molecule is O=C(OCc1ccccc1)C1=COCO1. The van der Waals surface area contributed by atoms with E-state index in [1.54, 1.807) is 0 Å². The van der Waals surface area contributed by atoms with Crippen molar-refractivity contribution in [3.05, 3.63) is 47.9 Å². The van der Waals surface area contributed by atoms with E-state index in [0.717, 1.165) is 5.56 Å². The number of hydrogen-bond acceptors (Lipinski definition) is 4. The zero-order valence-electron chi connectivity index (χ0n) is 8.01. The van der Waals surface area contributed by atoms with Crippen molar-refractivity contribution >= 4 is 5.97 Å². The molecule has 78 valence electrons. The van der Waals surface area contributed by atoms with E-state index < -0.39 is 5.97 Å². The van der Waals surface area contributed by atoms with E-state index in [2.05, 4.69) is 0 Å². The fourth-order valence-corrected chi connectivity index (χ4v) is 1.14. The van der Waals surface area contributed by atoms with Crippen LogP contribution in [0.5, 0.6) is 0 Å². The molecule has 1 aromatic carbocycles. The molecule has 0 amide bonds. The van der Waals surface area contributed by atoms with Gasteiger partial charge in [0.1, 0.15) is 12.9 Å². The smallest absolute Gasteiger partial charge is 0.377 e. The van der Waals surface area contributed by atoms with E-state index in [0.29, 0.717) is 0 Å². The summed E-state index contributed by atoms with van der Waals surface area (Å²) in [6, 6.07) is 9.44. The minimum atomic E-state index is -0.503. The Morgan fingerprint density at radius 1 is 1.33 bits per heavy atom. The van der Waals surface area contributed by atoms with Crippen molar-refractivity contribution < 1.29 is 19.0 Å². The summed E-state index contributed by atoms with van der Waals surface area (Å²) < 4.78 is 14.6. The van der Waals surface area contributed by atoms with Crippen LogP contribution in [-0.2, 0) is 25.6 Å². The van der Waals surface area contributed by atoms with E-state index in [1.165, 1.54) is 6.26 Å². The molecule has 1 aromatic rings. The highest BCUT2D eigenvalue weighted by atomic mass is 16.7. The Bertz CT molecular complexity index is 369. The molecule has 15 heavy (non-hydrogen) atoms. The molecule has 0 saturated carbocycles. The molecule has 2 rings (SSSR count). The molecule has 1 aliphatic heterocycles. The average molecular weight is 206 g/mol. The molecule has 0 N–H and O–H groups in total. The van der Waals surface area contributed by atoms with Crippen LogP contribution >= 0.6 is 0 Å². The first-order chi connectivity index (χ1) is 7.36. The summed E-state index contributed by atoms with van der Waals surface area (Å²) in [5, 5.41) is 0. The maximum atomic E-state index is 11.3. The summed E-state index contributed by atoms with van der Waals surface area (Å²) in [5.74, 6) is -0.387. The Balaban J connectivity index is 1.86. The van der Waals surface area contributed by atoms with Crippen molar-refractivity contribution in [1.29, 1.82) is 0 Å². The van der Waals surface area contributed by atoms with E-state index in [9.17, 15) is 4.79 Å². The van der Waals surface area contributed by atoms with Gasteiger partial charge in [0.2, 0.25) is 12.6 Å². The van der Waals surface area contributed by atoms with Crippen LogP contribution in [-0.4, -0.2) is 12.8 Å². The molecular weight excluding hydrogens is 196 g/mol. The first kappa shape index (κ1) is 9.58. The van der Waals surface area contributed by atoms with Crippen molar-refractivity contribution in [2.75, 3.05) is 6.79 Å². The second-order valence-electron chi connectivity index (χ2n) is 2.97. The van der Waals surface area contributed by atoms with Crippen molar-refractivity contribution in [2.45, 2.75) is 6.61 Å². The van der Waals surface area contributed by atoms with Crippen LogP contribution in [0.2, 0.25) is 0 Å². The number of carbonyl (C=O) groups is 1. The van der Waals surface area contributed by atoms with E-state index >= 15 is 0 Å². The number of carbonyl (C=O) groups excluding carboxylic acids is 1. The van der Waals surface area contributed by atoms with Crippen LogP contribution in [0.15, 0.2) is 42.4 Å². The second kappa shape index (κ2) is 4.50. The van der Waals surface area contributed by atoms with Gasteiger partial charge in [0, 0.05) is 0 Å². The van der Waals surface area contributed by atoms with Gasteiger partial charge < -0.3 is 14.2 Å². The fourth-order valence-electron chi connectivity index (χ4n) is 1.14. The predicted octanol–water partition coefficient (Wildman–Crippen LogP) is 1.58. The summed E-state index contributed by atoms with van der Waals surface area (Å²) in [5.41, 5.74) is 0.936. The minimum absolute atomic E-state index is 0.0791. The summed E-state index contributed by atoms with van der Waals surface area (Å²) in [6.45, 7) is 0.316. The zero-order chi connectivity index (χ0) is 10.5. The van der Waals surface area contributed by atoms with E-state index in [4.69, 9.17) is 14.2 Å². The maximum Gasteiger partial charge on any atom is 0.377 e. The van der Waals surface area contributed by atoms with Gasteiger partial charge in [0.05, 0.1) is 0 Å². The summed E-state index contributed by atoms with van der Waals surface area (Å²) >= 11 is 0. The van der Waals surface area contributed by atoms with Gasteiger partial charge in [-0.25, -0.2) is 4.79 Å². The largest absolute Gasteiger partial charge is 0.461 e.